The number of alkyl carbamates (subject to hydrolysis) is 3. The number of carbonyl (C=O) groups is 6. The van der Waals surface area contributed by atoms with Gasteiger partial charge in [-0.15, -0.1) is 0 Å². The normalized spacial score (nSPS) is 34.2. The molecule has 3 radical (unpaired) electrons. The molecule has 3 N–H and O–H groups in total. The topological polar surface area (TPSA) is 360 Å². The number of hydrogen-bond acceptors (Lipinski definition) is 24. The van der Waals surface area contributed by atoms with Gasteiger partial charge in [0.05, 0.1) is 91.8 Å². The summed E-state index contributed by atoms with van der Waals surface area (Å²) in [6.07, 6.45) is 11.8. The maximum atomic E-state index is 15.6. The molecule has 26 atom stereocenters. The van der Waals surface area contributed by atoms with Crippen LogP contribution in [0.2, 0.25) is 0 Å². The van der Waals surface area contributed by atoms with E-state index in [2.05, 4.69) is 45.9 Å². The Kier molecular flexibility index (Phi) is 31.2. The maximum Gasteiger partial charge on any atom is 0.408 e. The van der Waals surface area contributed by atoms with Gasteiger partial charge in [-0.3, -0.25) is 14.4 Å². The fourth-order valence-corrected chi connectivity index (χ4v) is 23.4. The largest absolute Gasteiger partial charge is 0.540 e. The first-order chi connectivity index (χ1) is 64.8. The first kappa shape index (κ1) is 107. The Bertz CT molecular complexity index is 5540. The van der Waals surface area contributed by atoms with Gasteiger partial charge in [-0.2, -0.15) is 0 Å². The number of alkyl halides is 6. The van der Waals surface area contributed by atoms with E-state index in [9.17, 15) is 43.2 Å². The molecule has 7 saturated carbocycles. The third-order valence-corrected chi connectivity index (χ3v) is 31.9. The fourth-order valence-electron chi connectivity index (χ4n) is 23.4. The second kappa shape index (κ2) is 40.9. The second-order valence-corrected chi connectivity index (χ2v) is 43.8. The Balaban J connectivity index is 0.000000165. The SMILES string of the molecule is COc1ccc2nc3c(nc2c1)O[C@H]1CN(C(=O)[C@H](C(C)(C)C)NC(=O)O[C@@H]2CC4CC4[C@H]2CCCC2C3C2(F)F)[C@H]([C-]=O)[C@@H]1C.COc1ccc2nc3c(nc2c1)O[C@H]1CN(C(=O)[C@H](C(C)(C)C)NC(=O)O[C@@H]2CCC[C@H]2CCCC2C3C2(F)F)[C@H]([C-]=O)[C@@H]1C.COc1ccc2nc3c(nc2c1)O[C@H]1CN(C(=O)[C@H](C(C)(C)C)NC(=O)O[C@]2(C)CCC[C@H]2CCCC2C3C2(F)F)[C@H]([C-]=O)[C@@H]1C.[V].[V].[V]. The molecule has 140 heavy (non-hydrogen) atoms. The number of methoxy groups -OCH3 is 3. The van der Waals surface area contributed by atoms with Gasteiger partial charge in [0, 0.05) is 91.6 Å². The summed E-state index contributed by atoms with van der Waals surface area (Å²) in [6.45, 7) is 23.5. The summed E-state index contributed by atoms with van der Waals surface area (Å²) < 4.78 is 146. The smallest absolute Gasteiger partial charge is 0.408 e. The number of nitrogens with one attached hydrogen (secondary N) is 3. The number of halogens is 6. The van der Waals surface area contributed by atoms with Crippen LogP contribution in [0.15, 0.2) is 54.6 Å². The summed E-state index contributed by atoms with van der Waals surface area (Å²) in [5.74, 6) is -15.9. The number of nitrogens with zero attached hydrogens (tertiary/aromatic N) is 9. The Morgan fingerprint density at radius 3 is 1.09 bits per heavy atom. The van der Waals surface area contributed by atoms with Gasteiger partial charge in [-0.1, -0.05) is 120 Å². The predicted octanol–water partition coefficient (Wildman–Crippen LogP) is 15.8. The van der Waals surface area contributed by atoms with Gasteiger partial charge in [0.1, 0.15) is 88.6 Å². The van der Waals surface area contributed by atoms with Crippen molar-refractivity contribution < 1.29 is 168 Å². The van der Waals surface area contributed by atoms with Gasteiger partial charge < -0.3 is 87.7 Å². The van der Waals surface area contributed by atoms with E-state index in [0.29, 0.717) is 120 Å². The molecular formula is C101H125F6N12O18V3-3. The van der Waals surface area contributed by atoms with Crippen molar-refractivity contribution in [1.29, 1.82) is 0 Å². The van der Waals surface area contributed by atoms with Crippen molar-refractivity contribution in [3.8, 4) is 34.9 Å². The van der Waals surface area contributed by atoms with E-state index in [4.69, 9.17) is 42.6 Å². The number of amides is 6. The third-order valence-electron chi connectivity index (χ3n) is 31.9. The van der Waals surface area contributed by atoms with Crippen molar-refractivity contribution >= 4 is 88.0 Å². The van der Waals surface area contributed by atoms with E-state index < -0.39 is 183 Å². The van der Waals surface area contributed by atoms with Gasteiger partial charge in [0.25, 0.3) is 17.8 Å². The third kappa shape index (κ3) is 20.9. The van der Waals surface area contributed by atoms with Gasteiger partial charge >= 0.3 is 18.3 Å². The molecule has 6 aliphatic heterocycles. The number of fused-ring (bicyclic) bond motifs is 23. The molecule has 30 nitrogen and oxygen atoms in total. The zero-order valence-electron chi connectivity index (χ0n) is 81.8. The zero-order chi connectivity index (χ0) is 98.1. The van der Waals surface area contributed by atoms with E-state index in [1.54, 1.807) is 75.4 Å². The van der Waals surface area contributed by atoms with Crippen molar-refractivity contribution in [1.82, 2.24) is 60.6 Å². The molecule has 757 valence electrons. The Morgan fingerprint density at radius 2 is 0.729 bits per heavy atom. The van der Waals surface area contributed by atoms with Gasteiger partial charge in [0.15, 0.2) is 0 Å². The second-order valence-electron chi connectivity index (χ2n) is 43.8. The zero-order valence-corrected chi connectivity index (χ0v) is 85.9. The van der Waals surface area contributed by atoms with E-state index in [1.165, 1.54) is 36.0 Å². The molecule has 0 spiro atoms. The Morgan fingerprint density at radius 1 is 0.393 bits per heavy atom. The quantitative estimate of drug-likeness (QED) is 0.0792. The number of ether oxygens (including phenoxy) is 9. The van der Waals surface area contributed by atoms with Gasteiger partial charge in [0.2, 0.25) is 35.4 Å². The summed E-state index contributed by atoms with van der Waals surface area (Å²) in [5.41, 5.74) is -0.161. The number of hydrogen-bond donors (Lipinski definition) is 3. The fraction of sp³-hybridized carbons (Fsp3) is 0.673. The van der Waals surface area contributed by atoms with E-state index in [0.717, 1.165) is 38.5 Å². The van der Waals surface area contributed by atoms with Crippen LogP contribution in [0.1, 0.15) is 234 Å². The minimum absolute atomic E-state index is 0. The average molecular weight is 2060 g/mol. The molecule has 8 unspecified atom stereocenters. The first-order valence-corrected chi connectivity index (χ1v) is 48.5. The number of carbonyl (C=O) groups excluding carboxylic acids is 9. The van der Waals surface area contributed by atoms with Crippen LogP contribution in [0.4, 0.5) is 40.7 Å². The number of rotatable bonds is 6. The van der Waals surface area contributed by atoms with Crippen LogP contribution >= 0.6 is 0 Å². The van der Waals surface area contributed by atoms with E-state index >= 15 is 26.3 Å². The minimum atomic E-state index is -3.01. The number of benzene rings is 3. The summed E-state index contributed by atoms with van der Waals surface area (Å²) in [5, 5.41) is 8.40. The van der Waals surface area contributed by atoms with Crippen LogP contribution in [-0.2, 0) is 98.6 Å². The molecule has 7 aliphatic carbocycles. The average Bonchev–Trinajstić information content (AvgIpc) is 1.56. The summed E-state index contributed by atoms with van der Waals surface area (Å²) in [6, 6.07) is 9.16. The first-order valence-electron chi connectivity index (χ1n) is 48.5. The van der Waals surface area contributed by atoms with Crippen LogP contribution in [0, 0.1) is 81.3 Å². The van der Waals surface area contributed by atoms with Crippen LogP contribution in [0.5, 0.6) is 34.9 Å². The molecule has 9 heterocycles. The van der Waals surface area contributed by atoms with Crippen LogP contribution in [0.25, 0.3) is 33.1 Å². The monoisotopic (exact) mass is 2060 g/mol. The molecule has 3 saturated heterocycles. The van der Waals surface area contributed by atoms with Crippen molar-refractivity contribution in [3.63, 3.8) is 0 Å². The van der Waals surface area contributed by atoms with Crippen molar-refractivity contribution in [2.45, 2.75) is 307 Å². The summed E-state index contributed by atoms with van der Waals surface area (Å²) in [7, 11) is 4.56. The molecule has 3 aromatic heterocycles. The molecule has 39 heteroatoms. The van der Waals surface area contributed by atoms with Crippen LogP contribution in [-0.4, -0.2) is 231 Å². The molecule has 6 aromatic rings. The molecule has 3 aromatic carbocycles. The van der Waals surface area contributed by atoms with Gasteiger partial charge in [-0.25, -0.2) is 89.5 Å². The Hall–Kier alpha value is -8.96. The maximum absolute atomic E-state index is 15.6. The molecule has 10 fully saturated rings. The Labute approximate surface area is 846 Å². The molecule has 6 amide bonds. The van der Waals surface area contributed by atoms with Crippen molar-refractivity contribution in [3.05, 3.63) is 71.7 Å². The van der Waals surface area contributed by atoms with Crippen molar-refractivity contribution in [2.24, 2.45) is 81.3 Å². The molecule has 13 aliphatic rings. The molecule has 6 bridgehead atoms. The summed E-state index contributed by atoms with van der Waals surface area (Å²) in [4.78, 5) is 151. The summed E-state index contributed by atoms with van der Waals surface area (Å²) >= 11 is 0. The molecular weight excluding hydrogens is 1940 g/mol. The standard InChI is InChI=1S/C34H41F2N4O6.C34H43F2N4O6.C33H41F2N4O6.3V/c1-16-24(15-41)40-14-26(16)45-30-28(37-22-10-9-18(44-5)13-23(22)38-30)27-21(34(27,35)36)8-6-7-19-20-11-17(20)12-25(19)46-32(43)39-29(31(40)42)33(2,3)4;1-18-24(17-41)40-16-25(18)45-29-27(37-22-13-12-20(44-6)15-23(22)38-29)26-21(34(26,35)36)11-7-9-19-10-8-14-33(19,5)46-31(43)39-28(30(40)42)32(2,3)4;1-17-23(16-40)39-15-25(17)44-29-27(36-21-13-12-19(43-5)14-22(21)37-29)26-20(33(26,34)35)10-6-8-18-9-7-11-24(18)45-31(42)38-28(30(39)41)32(2,3)4;;;/h9-10,13,16-17,19-21,24-27,29H,6-8,11-12,14H2,1-5H3,(H,39,43);12-13,15,18-19,21,24-26,28H,7-11,14,16H2,1-6H3,(H,39,43);12-14,17-18,20,23-26,28H,6-11,15H2,1-5H3,(H,38,42);;;/q3*-1;;;/t16-,17?,19+,20?,21?,24+,25+,26-,27?,29+;18-,19+,21?,24+,25-,26?,28+,33+;17-,18+,20?,23+,24+,25-,26?,28+;;;/m000.../s1. The van der Waals surface area contributed by atoms with Crippen LogP contribution in [0.3, 0.4) is 0 Å². The van der Waals surface area contributed by atoms with E-state index in [-0.39, 0.29) is 153 Å². The van der Waals surface area contributed by atoms with Crippen LogP contribution < -0.4 is 44.4 Å². The minimum Gasteiger partial charge on any atom is -0.540 e. The molecule has 19 rings (SSSR count). The van der Waals surface area contributed by atoms with E-state index in [1.807, 2.05) is 88.1 Å². The predicted molar refractivity (Wildman–Crippen MR) is 487 cm³/mol. The van der Waals surface area contributed by atoms with Crippen molar-refractivity contribution in [2.75, 3.05) is 41.0 Å². The van der Waals surface area contributed by atoms with Gasteiger partial charge in [-0.05, 0) is 197 Å². The number of aromatic nitrogens is 6.